The number of hydrogen-bond acceptors (Lipinski definition) is 4. The van der Waals surface area contributed by atoms with Gasteiger partial charge in [0.25, 0.3) is 0 Å². The molecule has 2 atom stereocenters. The molecule has 3 rings (SSSR count). The van der Waals surface area contributed by atoms with E-state index in [4.69, 9.17) is 9.47 Å². The second kappa shape index (κ2) is 6.24. The lowest BCUT2D eigenvalue weighted by Gasteiger charge is -2.44. The van der Waals surface area contributed by atoms with E-state index in [-0.39, 0.29) is 6.61 Å². The van der Waals surface area contributed by atoms with Gasteiger partial charge in [-0.3, -0.25) is 4.90 Å². The van der Waals surface area contributed by atoms with E-state index in [0.717, 1.165) is 24.5 Å². The molecule has 2 aliphatic rings. The van der Waals surface area contributed by atoms with Crippen molar-refractivity contribution in [1.29, 1.82) is 0 Å². The van der Waals surface area contributed by atoms with Crippen molar-refractivity contribution in [2.45, 2.75) is 44.8 Å². The zero-order chi connectivity index (χ0) is 14.8. The van der Waals surface area contributed by atoms with Crippen molar-refractivity contribution in [2.24, 2.45) is 0 Å². The average molecular weight is 291 g/mol. The number of methoxy groups -OCH3 is 1. The maximum absolute atomic E-state index is 9.45. The molecule has 0 spiro atoms. The van der Waals surface area contributed by atoms with E-state index in [9.17, 15) is 5.11 Å². The summed E-state index contributed by atoms with van der Waals surface area (Å²) < 4.78 is 11.5. The second-order valence-corrected chi connectivity index (χ2v) is 6.00. The van der Waals surface area contributed by atoms with Crippen molar-refractivity contribution >= 4 is 0 Å². The van der Waals surface area contributed by atoms with Crippen LogP contribution in [0.4, 0.5) is 0 Å². The Labute approximate surface area is 126 Å². The molecule has 0 amide bonds. The van der Waals surface area contributed by atoms with Crippen LogP contribution in [-0.4, -0.2) is 42.9 Å². The first-order chi connectivity index (χ1) is 10.3. The number of likely N-dealkylation sites (tertiary alicyclic amines) is 1. The molecule has 1 fully saturated rings. The van der Waals surface area contributed by atoms with Gasteiger partial charge in [0, 0.05) is 17.0 Å². The van der Waals surface area contributed by atoms with Crippen molar-refractivity contribution in [3.05, 3.63) is 23.3 Å². The van der Waals surface area contributed by atoms with Crippen molar-refractivity contribution in [2.75, 3.05) is 26.8 Å². The molecule has 4 heteroatoms. The minimum atomic E-state index is -0.0180. The van der Waals surface area contributed by atoms with Crippen molar-refractivity contribution in [1.82, 2.24) is 4.90 Å². The summed E-state index contributed by atoms with van der Waals surface area (Å²) in [5.74, 6) is 2.08. The summed E-state index contributed by atoms with van der Waals surface area (Å²) in [4.78, 5) is 2.57. The van der Waals surface area contributed by atoms with E-state index in [0.29, 0.717) is 17.7 Å². The maximum atomic E-state index is 9.45. The van der Waals surface area contributed by atoms with Gasteiger partial charge < -0.3 is 14.6 Å². The Morgan fingerprint density at radius 3 is 3.00 bits per heavy atom. The third kappa shape index (κ3) is 2.51. The van der Waals surface area contributed by atoms with Gasteiger partial charge in [-0.05, 0) is 32.4 Å². The molecule has 4 nitrogen and oxygen atoms in total. The summed E-state index contributed by atoms with van der Waals surface area (Å²) >= 11 is 0. The minimum absolute atomic E-state index is 0.0180. The smallest absolute Gasteiger partial charge is 0.166 e. The van der Waals surface area contributed by atoms with Gasteiger partial charge in [-0.1, -0.05) is 19.1 Å². The molecule has 2 aliphatic heterocycles. The van der Waals surface area contributed by atoms with Gasteiger partial charge >= 0.3 is 0 Å². The van der Waals surface area contributed by atoms with E-state index >= 15 is 0 Å². The van der Waals surface area contributed by atoms with E-state index < -0.39 is 0 Å². The van der Waals surface area contributed by atoms with Crippen LogP contribution in [0.15, 0.2) is 12.1 Å². The zero-order valence-corrected chi connectivity index (χ0v) is 13.0. The third-order valence-electron chi connectivity index (χ3n) is 4.80. The lowest BCUT2D eigenvalue weighted by Crippen LogP contribution is -2.49. The monoisotopic (exact) mass is 291 g/mol. The molecular formula is C17H25NO3. The highest BCUT2D eigenvalue weighted by atomic mass is 16.5. The summed E-state index contributed by atoms with van der Waals surface area (Å²) in [6.45, 7) is 5.27. The van der Waals surface area contributed by atoms with Crippen LogP contribution in [0.2, 0.25) is 0 Å². The number of rotatable bonds is 4. The summed E-state index contributed by atoms with van der Waals surface area (Å²) in [5.41, 5.74) is 2.05. The fourth-order valence-corrected chi connectivity index (χ4v) is 3.85. The number of ether oxygens (including phenoxy) is 2. The fourth-order valence-electron chi connectivity index (χ4n) is 3.85. The summed E-state index contributed by atoms with van der Waals surface area (Å²) in [6.07, 6.45) is 3.64. The van der Waals surface area contributed by atoms with Crippen LogP contribution in [0, 0.1) is 0 Å². The number of piperidine rings is 1. The molecule has 1 aromatic rings. The van der Waals surface area contributed by atoms with Gasteiger partial charge in [-0.25, -0.2) is 0 Å². The Morgan fingerprint density at radius 1 is 1.43 bits per heavy atom. The third-order valence-corrected chi connectivity index (χ3v) is 4.80. The number of hydrogen-bond donors (Lipinski definition) is 1. The van der Waals surface area contributed by atoms with E-state index in [1.165, 1.54) is 31.4 Å². The molecular weight excluding hydrogens is 266 g/mol. The molecule has 0 saturated carbocycles. The standard InChI is InChI=1S/C17H25NO3/c1-3-8-18-9-4-5-13-14-7-6-12(10-19)16(20-2)17(14)21-11-15(13)18/h6-7,13,15,19H,3-5,8-11H2,1-2H3/t13-,15-/m0/s1. The van der Waals surface area contributed by atoms with Gasteiger partial charge in [0.05, 0.1) is 19.8 Å². The topological polar surface area (TPSA) is 41.9 Å². The predicted molar refractivity (Wildman–Crippen MR) is 82.0 cm³/mol. The quantitative estimate of drug-likeness (QED) is 0.925. The van der Waals surface area contributed by atoms with E-state index in [2.05, 4.69) is 17.9 Å². The molecule has 1 saturated heterocycles. The van der Waals surface area contributed by atoms with Crippen molar-refractivity contribution in [3.8, 4) is 11.5 Å². The Hall–Kier alpha value is -1.26. The normalized spacial score (nSPS) is 24.9. The highest BCUT2D eigenvalue weighted by Crippen LogP contribution is 2.46. The van der Waals surface area contributed by atoms with E-state index in [1.807, 2.05) is 6.07 Å². The molecule has 0 bridgehead atoms. The molecule has 0 radical (unpaired) electrons. The molecule has 1 aromatic carbocycles. The largest absolute Gasteiger partial charge is 0.492 e. The van der Waals surface area contributed by atoms with Crippen LogP contribution in [0.3, 0.4) is 0 Å². The van der Waals surface area contributed by atoms with E-state index in [1.54, 1.807) is 7.11 Å². The number of aliphatic hydroxyl groups is 1. The molecule has 1 N–H and O–H groups in total. The average Bonchev–Trinajstić information content (AvgIpc) is 2.53. The number of fused-ring (bicyclic) bond motifs is 3. The first-order valence-electron chi connectivity index (χ1n) is 7.97. The number of nitrogens with zero attached hydrogens (tertiary/aromatic N) is 1. The predicted octanol–water partition coefficient (Wildman–Crippen LogP) is 2.54. The minimum Gasteiger partial charge on any atom is -0.492 e. The Bertz CT molecular complexity index is 501. The number of benzene rings is 1. The molecule has 2 heterocycles. The van der Waals surface area contributed by atoms with Crippen LogP contribution in [0.25, 0.3) is 0 Å². The SMILES string of the molecule is CCCN1CCC[C@H]2c3ccc(CO)c(OC)c3OC[C@@H]21. The summed E-state index contributed by atoms with van der Waals surface area (Å²) in [5, 5.41) is 9.45. The molecule has 21 heavy (non-hydrogen) atoms. The first-order valence-corrected chi connectivity index (χ1v) is 7.97. The van der Waals surface area contributed by atoms with Crippen LogP contribution in [-0.2, 0) is 6.61 Å². The molecule has 116 valence electrons. The van der Waals surface area contributed by atoms with Crippen molar-refractivity contribution in [3.63, 3.8) is 0 Å². The van der Waals surface area contributed by atoms with Gasteiger partial charge in [0.1, 0.15) is 6.61 Å². The Morgan fingerprint density at radius 2 is 2.29 bits per heavy atom. The summed E-state index contributed by atoms with van der Waals surface area (Å²) in [7, 11) is 1.65. The summed E-state index contributed by atoms with van der Waals surface area (Å²) in [6, 6.07) is 4.58. The highest BCUT2D eigenvalue weighted by Gasteiger charge is 2.38. The second-order valence-electron chi connectivity index (χ2n) is 6.00. The van der Waals surface area contributed by atoms with Gasteiger partial charge in [0.2, 0.25) is 0 Å². The number of aliphatic hydroxyl groups excluding tert-OH is 1. The lowest BCUT2D eigenvalue weighted by atomic mass is 9.81. The van der Waals surface area contributed by atoms with Crippen LogP contribution < -0.4 is 9.47 Å². The lowest BCUT2D eigenvalue weighted by molar-refractivity contribution is 0.0640. The van der Waals surface area contributed by atoms with Crippen molar-refractivity contribution < 1.29 is 14.6 Å². The maximum Gasteiger partial charge on any atom is 0.166 e. The van der Waals surface area contributed by atoms with Crippen LogP contribution >= 0.6 is 0 Å². The molecule has 0 aliphatic carbocycles. The van der Waals surface area contributed by atoms with Gasteiger partial charge in [-0.2, -0.15) is 0 Å². The molecule has 0 aromatic heterocycles. The fraction of sp³-hybridized carbons (Fsp3) is 0.647. The van der Waals surface area contributed by atoms with Gasteiger partial charge in [0.15, 0.2) is 11.5 Å². The Kier molecular flexibility index (Phi) is 4.36. The highest BCUT2D eigenvalue weighted by molar-refractivity contribution is 5.54. The van der Waals surface area contributed by atoms with Gasteiger partial charge in [-0.15, -0.1) is 0 Å². The molecule has 0 unspecified atom stereocenters. The van der Waals surface area contributed by atoms with Crippen LogP contribution in [0.1, 0.15) is 43.2 Å². The first kappa shape index (κ1) is 14.7. The van der Waals surface area contributed by atoms with Crippen LogP contribution in [0.5, 0.6) is 11.5 Å². The zero-order valence-electron chi connectivity index (χ0n) is 13.0. The Balaban J connectivity index is 1.96.